The minimum Gasteiger partial charge on any atom is -0.324 e. The van der Waals surface area contributed by atoms with Gasteiger partial charge in [-0.2, -0.15) is 8.42 Å². The summed E-state index contributed by atoms with van der Waals surface area (Å²) in [7, 11) is -3.81. The number of nitrogens with zero attached hydrogens (tertiary/aromatic N) is 2. The van der Waals surface area contributed by atoms with E-state index in [2.05, 4.69) is 9.71 Å². The Bertz CT molecular complexity index is 1040. The van der Waals surface area contributed by atoms with Gasteiger partial charge >= 0.3 is 0 Å². The summed E-state index contributed by atoms with van der Waals surface area (Å²) in [5.74, 6) is -0.371. The van der Waals surface area contributed by atoms with Gasteiger partial charge in [-0.1, -0.05) is 60.1 Å². The number of halogens is 2. The first-order valence-electron chi connectivity index (χ1n) is 8.41. The molecule has 0 atom stereocenters. The number of thioether (sulfide) groups is 1. The molecule has 10 heteroatoms. The van der Waals surface area contributed by atoms with Gasteiger partial charge in [0.1, 0.15) is 4.90 Å². The first-order chi connectivity index (χ1) is 13.3. The van der Waals surface area contributed by atoms with Crippen LogP contribution in [0.5, 0.6) is 0 Å². The minimum atomic E-state index is -3.81. The molecule has 3 rings (SSSR count). The normalized spacial score (nSPS) is 15.0. The SMILES string of the molecule is CCCN1C(SCC(=O)Nc2cccc(Cl)c2Cl)=NS(=O)(=O)c2ccccc21. The molecule has 0 radical (unpaired) electrons. The van der Waals surface area contributed by atoms with Gasteiger partial charge in [0.25, 0.3) is 10.0 Å². The second-order valence-corrected chi connectivity index (χ2v) is 9.21. The zero-order chi connectivity index (χ0) is 20.3. The van der Waals surface area contributed by atoms with Gasteiger partial charge in [-0.05, 0) is 30.7 Å². The number of benzene rings is 2. The van der Waals surface area contributed by atoms with E-state index in [4.69, 9.17) is 23.2 Å². The van der Waals surface area contributed by atoms with E-state index in [0.29, 0.717) is 22.9 Å². The average molecular weight is 458 g/mol. The average Bonchev–Trinajstić information content (AvgIpc) is 2.66. The molecule has 1 aliphatic rings. The predicted molar refractivity (Wildman–Crippen MR) is 116 cm³/mol. The second kappa shape index (κ2) is 8.73. The molecule has 1 heterocycles. The van der Waals surface area contributed by atoms with E-state index in [0.717, 1.165) is 18.2 Å². The van der Waals surface area contributed by atoms with Crippen molar-refractivity contribution < 1.29 is 13.2 Å². The van der Waals surface area contributed by atoms with Gasteiger partial charge < -0.3 is 10.2 Å². The Morgan fingerprint density at radius 1 is 1.18 bits per heavy atom. The van der Waals surface area contributed by atoms with Crippen molar-refractivity contribution in [3.63, 3.8) is 0 Å². The lowest BCUT2D eigenvalue weighted by atomic mass is 10.3. The third-order valence-corrected chi connectivity index (χ3v) is 7.09. The summed E-state index contributed by atoms with van der Waals surface area (Å²) in [6.07, 6.45) is 0.790. The molecule has 1 amide bonds. The van der Waals surface area contributed by atoms with Crippen molar-refractivity contribution in [2.45, 2.75) is 18.2 Å². The summed E-state index contributed by atoms with van der Waals surface area (Å²) >= 11 is 13.1. The lowest BCUT2D eigenvalue weighted by Crippen LogP contribution is -2.35. The third kappa shape index (κ3) is 4.46. The van der Waals surface area contributed by atoms with Crippen LogP contribution in [0.4, 0.5) is 11.4 Å². The molecule has 148 valence electrons. The fourth-order valence-corrected chi connectivity index (χ4v) is 5.29. The third-order valence-electron chi connectivity index (χ3n) is 3.87. The number of anilines is 2. The molecule has 0 fully saturated rings. The van der Waals surface area contributed by atoms with Gasteiger partial charge in [-0.25, -0.2) is 0 Å². The number of fused-ring (bicyclic) bond motifs is 1. The number of carbonyl (C=O) groups is 1. The number of carbonyl (C=O) groups excluding carboxylic acids is 1. The molecule has 2 aromatic carbocycles. The van der Waals surface area contributed by atoms with Gasteiger partial charge in [-0.15, -0.1) is 4.40 Å². The number of nitrogens with one attached hydrogen (secondary N) is 1. The van der Waals surface area contributed by atoms with Gasteiger partial charge in [0.05, 0.1) is 27.2 Å². The summed E-state index contributed by atoms with van der Waals surface area (Å²) in [4.78, 5) is 14.3. The van der Waals surface area contributed by atoms with E-state index < -0.39 is 10.0 Å². The van der Waals surface area contributed by atoms with Gasteiger partial charge in [0, 0.05) is 6.54 Å². The van der Waals surface area contributed by atoms with Crippen LogP contribution in [-0.2, 0) is 14.8 Å². The lowest BCUT2D eigenvalue weighted by Gasteiger charge is -2.29. The first kappa shape index (κ1) is 21.0. The summed E-state index contributed by atoms with van der Waals surface area (Å²) in [5.41, 5.74) is 0.967. The van der Waals surface area contributed by atoms with Crippen LogP contribution in [0.1, 0.15) is 13.3 Å². The van der Waals surface area contributed by atoms with Crippen molar-refractivity contribution in [3.05, 3.63) is 52.5 Å². The molecule has 1 aliphatic heterocycles. The van der Waals surface area contributed by atoms with Crippen LogP contribution in [-0.4, -0.2) is 31.8 Å². The van der Waals surface area contributed by atoms with Crippen LogP contribution < -0.4 is 10.2 Å². The van der Waals surface area contributed by atoms with Crippen LogP contribution >= 0.6 is 35.0 Å². The number of rotatable bonds is 5. The fourth-order valence-electron chi connectivity index (χ4n) is 2.66. The predicted octanol–water partition coefficient (Wildman–Crippen LogP) is 4.64. The van der Waals surface area contributed by atoms with Gasteiger partial charge in [0.15, 0.2) is 5.17 Å². The first-order valence-corrected chi connectivity index (χ1v) is 11.6. The van der Waals surface area contributed by atoms with Crippen LogP contribution in [0.25, 0.3) is 0 Å². The molecule has 0 unspecified atom stereocenters. The van der Waals surface area contributed by atoms with Gasteiger partial charge in [0.2, 0.25) is 5.91 Å². The fraction of sp³-hybridized carbons (Fsp3) is 0.222. The van der Waals surface area contributed by atoms with Crippen molar-refractivity contribution >= 4 is 67.4 Å². The van der Waals surface area contributed by atoms with Crippen molar-refractivity contribution in [1.82, 2.24) is 0 Å². The number of hydrogen-bond acceptors (Lipinski definition) is 5. The Labute approximate surface area is 178 Å². The van der Waals surface area contributed by atoms with Crippen LogP contribution in [0.3, 0.4) is 0 Å². The highest BCUT2D eigenvalue weighted by atomic mass is 35.5. The smallest absolute Gasteiger partial charge is 0.286 e. The molecule has 0 saturated heterocycles. The topological polar surface area (TPSA) is 78.8 Å². The maximum Gasteiger partial charge on any atom is 0.286 e. The van der Waals surface area contributed by atoms with Crippen molar-refractivity contribution in [3.8, 4) is 0 Å². The molecule has 28 heavy (non-hydrogen) atoms. The molecule has 2 aromatic rings. The number of sulfonamides is 1. The maximum atomic E-state index is 12.5. The number of amidine groups is 1. The van der Waals surface area contributed by atoms with E-state index >= 15 is 0 Å². The maximum absolute atomic E-state index is 12.5. The van der Waals surface area contributed by atoms with Crippen LogP contribution in [0.2, 0.25) is 10.0 Å². The second-order valence-electron chi connectivity index (χ2n) is 5.91. The van der Waals surface area contributed by atoms with E-state index in [1.54, 1.807) is 36.4 Å². The monoisotopic (exact) mass is 457 g/mol. The van der Waals surface area contributed by atoms with Crippen LogP contribution in [0, 0.1) is 0 Å². The van der Waals surface area contributed by atoms with E-state index in [1.807, 2.05) is 11.8 Å². The Morgan fingerprint density at radius 2 is 1.93 bits per heavy atom. The number of hydrogen-bond donors (Lipinski definition) is 1. The Hall–Kier alpha value is -1.74. The van der Waals surface area contributed by atoms with Crippen molar-refractivity contribution in [1.29, 1.82) is 0 Å². The van der Waals surface area contributed by atoms with Crippen LogP contribution in [0.15, 0.2) is 51.8 Å². The van der Waals surface area contributed by atoms with E-state index in [9.17, 15) is 13.2 Å². The minimum absolute atomic E-state index is 0.0282. The van der Waals surface area contributed by atoms with Crippen molar-refractivity contribution in [2.24, 2.45) is 4.40 Å². The summed E-state index contributed by atoms with van der Waals surface area (Å²) in [5, 5.41) is 3.53. The largest absolute Gasteiger partial charge is 0.324 e. The zero-order valence-electron chi connectivity index (χ0n) is 14.9. The highest BCUT2D eigenvalue weighted by Gasteiger charge is 2.30. The highest BCUT2D eigenvalue weighted by molar-refractivity contribution is 8.15. The molecule has 0 bridgehead atoms. The number of para-hydroxylation sites is 1. The quantitative estimate of drug-likeness (QED) is 0.706. The molecule has 0 spiro atoms. The van der Waals surface area contributed by atoms with Crippen molar-refractivity contribution in [2.75, 3.05) is 22.5 Å². The molecule has 1 N–H and O–H groups in total. The Balaban J connectivity index is 1.78. The standard InChI is InChI=1S/C18H17Cl2N3O3S2/c1-2-10-23-14-8-3-4-9-15(14)28(25,26)22-18(23)27-11-16(24)21-13-7-5-6-12(19)17(13)20/h3-9H,2,10-11H2,1H3,(H,21,24). The molecular formula is C18H17Cl2N3O3S2. The zero-order valence-corrected chi connectivity index (χ0v) is 18.0. The number of amides is 1. The lowest BCUT2D eigenvalue weighted by molar-refractivity contribution is -0.113. The van der Waals surface area contributed by atoms with Gasteiger partial charge in [-0.3, -0.25) is 4.79 Å². The highest BCUT2D eigenvalue weighted by Crippen LogP contribution is 2.34. The Kier molecular flexibility index (Phi) is 6.54. The summed E-state index contributed by atoms with van der Waals surface area (Å²) in [6.45, 7) is 2.57. The summed E-state index contributed by atoms with van der Waals surface area (Å²) in [6, 6.07) is 11.6. The Morgan fingerprint density at radius 3 is 2.68 bits per heavy atom. The molecule has 0 aromatic heterocycles. The van der Waals surface area contributed by atoms with E-state index in [1.165, 1.54) is 6.07 Å². The molecule has 6 nitrogen and oxygen atoms in total. The summed E-state index contributed by atoms with van der Waals surface area (Å²) < 4.78 is 28.9. The molecular weight excluding hydrogens is 441 g/mol. The molecule has 0 saturated carbocycles. The van der Waals surface area contributed by atoms with E-state index in [-0.39, 0.29) is 26.7 Å². The molecule has 0 aliphatic carbocycles.